The van der Waals surface area contributed by atoms with Crippen molar-refractivity contribution >= 4 is 0 Å². The van der Waals surface area contributed by atoms with E-state index in [0.717, 1.165) is 12.0 Å². The Hall–Kier alpha value is -1.07. The molecule has 1 rings (SSSR count). The van der Waals surface area contributed by atoms with Crippen molar-refractivity contribution in [2.24, 2.45) is 0 Å². The SMILES string of the molecule is C=C=CCC1=CC(F)CC=C1. The molecule has 0 radical (unpaired) electrons. The number of alkyl halides is 1. The minimum absolute atomic E-state index is 0.515. The van der Waals surface area contributed by atoms with Crippen molar-refractivity contribution in [3.05, 3.63) is 42.2 Å². The fourth-order valence-corrected chi connectivity index (χ4v) is 1.03. The number of allylic oxidation sites excluding steroid dienone is 5. The number of halogens is 1. The second kappa shape index (κ2) is 3.95. The molecule has 0 N–H and O–H groups in total. The predicted molar refractivity (Wildman–Crippen MR) is 45.1 cm³/mol. The van der Waals surface area contributed by atoms with Crippen molar-refractivity contribution in [3.8, 4) is 0 Å². The van der Waals surface area contributed by atoms with E-state index >= 15 is 0 Å². The van der Waals surface area contributed by atoms with Crippen molar-refractivity contribution in [1.82, 2.24) is 0 Å². The first-order valence-electron chi connectivity index (χ1n) is 3.68. The molecule has 11 heavy (non-hydrogen) atoms. The average molecular weight is 150 g/mol. The monoisotopic (exact) mass is 150 g/mol. The van der Waals surface area contributed by atoms with Gasteiger partial charge >= 0.3 is 0 Å². The lowest BCUT2D eigenvalue weighted by Crippen LogP contribution is -1.98. The highest BCUT2D eigenvalue weighted by molar-refractivity contribution is 5.26. The number of hydrogen-bond acceptors (Lipinski definition) is 0. The normalized spacial score (nSPS) is 22.3. The summed E-state index contributed by atoms with van der Waals surface area (Å²) in [6.07, 6.45) is 7.71. The Morgan fingerprint density at radius 1 is 1.82 bits per heavy atom. The lowest BCUT2D eigenvalue weighted by Gasteiger charge is -2.06. The van der Waals surface area contributed by atoms with Crippen LogP contribution in [0.3, 0.4) is 0 Å². The molecule has 1 aliphatic rings. The van der Waals surface area contributed by atoms with Gasteiger partial charge in [-0.3, -0.25) is 0 Å². The second-order valence-electron chi connectivity index (χ2n) is 2.51. The van der Waals surface area contributed by atoms with Crippen molar-refractivity contribution < 1.29 is 4.39 Å². The molecule has 0 aromatic carbocycles. The summed E-state index contributed by atoms with van der Waals surface area (Å²) in [4.78, 5) is 0. The summed E-state index contributed by atoms with van der Waals surface area (Å²) in [5.41, 5.74) is 3.67. The summed E-state index contributed by atoms with van der Waals surface area (Å²) in [5, 5.41) is 0. The van der Waals surface area contributed by atoms with Crippen molar-refractivity contribution in [2.75, 3.05) is 0 Å². The number of hydrogen-bond donors (Lipinski definition) is 0. The molecule has 0 spiro atoms. The first-order chi connectivity index (χ1) is 5.33. The third-order valence-electron chi connectivity index (χ3n) is 1.57. The van der Waals surface area contributed by atoms with Gasteiger partial charge in [0.05, 0.1) is 0 Å². The van der Waals surface area contributed by atoms with E-state index in [1.165, 1.54) is 0 Å². The van der Waals surface area contributed by atoms with Crippen LogP contribution in [0.4, 0.5) is 4.39 Å². The highest BCUT2D eigenvalue weighted by atomic mass is 19.1. The van der Waals surface area contributed by atoms with E-state index in [1.807, 2.05) is 12.2 Å². The van der Waals surface area contributed by atoms with E-state index in [4.69, 9.17) is 0 Å². The fraction of sp³-hybridized carbons (Fsp3) is 0.300. The van der Waals surface area contributed by atoms with E-state index in [1.54, 1.807) is 12.2 Å². The molecule has 1 atom stereocenters. The van der Waals surface area contributed by atoms with Gasteiger partial charge in [0.2, 0.25) is 0 Å². The molecule has 0 aromatic heterocycles. The Morgan fingerprint density at radius 3 is 3.27 bits per heavy atom. The molecule has 1 aliphatic carbocycles. The molecule has 0 aliphatic heterocycles. The van der Waals surface area contributed by atoms with Crippen LogP contribution >= 0.6 is 0 Å². The molecule has 0 heterocycles. The quantitative estimate of drug-likeness (QED) is 0.531. The highest BCUT2D eigenvalue weighted by Crippen LogP contribution is 2.15. The standard InChI is InChI=1S/C10H11F/c1-2-3-5-9-6-4-7-10(11)8-9/h3-4,6,8,10H,1,5,7H2. The van der Waals surface area contributed by atoms with Crippen molar-refractivity contribution in [3.63, 3.8) is 0 Å². The van der Waals surface area contributed by atoms with Gasteiger partial charge in [0.1, 0.15) is 6.17 Å². The first kappa shape index (κ1) is 8.03. The van der Waals surface area contributed by atoms with E-state index in [2.05, 4.69) is 12.3 Å². The summed E-state index contributed by atoms with van der Waals surface area (Å²) in [7, 11) is 0. The first-order valence-corrected chi connectivity index (χ1v) is 3.68. The lowest BCUT2D eigenvalue weighted by molar-refractivity contribution is 0.399. The van der Waals surface area contributed by atoms with Crippen LogP contribution in [-0.2, 0) is 0 Å². The molecule has 0 saturated heterocycles. The smallest absolute Gasteiger partial charge is 0.122 e. The van der Waals surface area contributed by atoms with Crippen LogP contribution < -0.4 is 0 Å². The van der Waals surface area contributed by atoms with Crippen LogP contribution in [0, 0.1) is 0 Å². The summed E-state index contributed by atoms with van der Waals surface area (Å²) in [6.45, 7) is 3.44. The largest absolute Gasteiger partial charge is 0.243 e. The summed E-state index contributed by atoms with van der Waals surface area (Å²) in [5.74, 6) is 0. The van der Waals surface area contributed by atoms with Gasteiger partial charge in [0.25, 0.3) is 0 Å². The highest BCUT2D eigenvalue weighted by Gasteiger charge is 2.05. The molecule has 0 bridgehead atoms. The van der Waals surface area contributed by atoms with Crippen LogP contribution in [0.5, 0.6) is 0 Å². The van der Waals surface area contributed by atoms with Crippen LogP contribution in [0.1, 0.15) is 12.8 Å². The van der Waals surface area contributed by atoms with Crippen molar-refractivity contribution in [1.29, 1.82) is 0 Å². The van der Waals surface area contributed by atoms with Gasteiger partial charge in [0.15, 0.2) is 0 Å². The summed E-state index contributed by atoms with van der Waals surface area (Å²) >= 11 is 0. The zero-order valence-electron chi connectivity index (χ0n) is 6.39. The maximum absolute atomic E-state index is 12.7. The third kappa shape index (κ3) is 2.57. The molecule has 0 aromatic rings. The van der Waals surface area contributed by atoms with Gasteiger partial charge in [-0.25, -0.2) is 4.39 Å². The minimum atomic E-state index is -0.798. The van der Waals surface area contributed by atoms with Crippen molar-refractivity contribution in [2.45, 2.75) is 19.0 Å². The zero-order valence-corrected chi connectivity index (χ0v) is 6.39. The molecule has 0 saturated carbocycles. The maximum atomic E-state index is 12.7. The van der Waals surface area contributed by atoms with Gasteiger partial charge in [-0.05, 0) is 24.1 Å². The van der Waals surface area contributed by atoms with Crippen LogP contribution in [0.25, 0.3) is 0 Å². The minimum Gasteiger partial charge on any atom is -0.243 e. The third-order valence-corrected chi connectivity index (χ3v) is 1.57. The Balaban J connectivity index is 2.56. The van der Waals surface area contributed by atoms with Gasteiger partial charge < -0.3 is 0 Å². The Labute approximate surface area is 66.4 Å². The molecular formula is C10H11F. The van der Waals surface area contributed by atoms with Crippen LogP contribution in [0.2, 0.25) is 0 Å². The Morgan fingerprint density at radius 2 is 2.64 bits per heavy atom. The van der Waals surface area contributed by atoms with E-state index < -0.39 is 6.17 Å². The van der Waals surface area contributed by atoms with Gasteiger partial charge in [0, 0.05) is 6.42 Å². The Kier molecular flexibility index (Phi) is 2.88. The molecular weight excluding hydrogens is 139 g/mol. The van der Waals surface area contributed by atoms with E-state index in [9.17, 15) is 4.39 Å². The van der Waals surface area contributed by atoms with Gasteiger partial charge in [-0.2, -0.15) is 0 Å². The molecule has 58 valence electrons. The van der Waals surface area contributed by atoms with Gasteiger partial charge in [-0.1, -0.05) is 18.7 Å². The van der Waals surface area contributed by atoms with E-state index in [0.29, 0.717) is 6.42 Å². The second-order valence-corrected chi connectivity index (χ2v) is 2.51. The van der Waals surface area contributed by atoms with Crippen LogP contribution in [-0.4, -0.2) is 6.17 Å². The summed E-state index contributed by atoms with van der Waals surface area (Å²) < 4.78 is 12.7. The Bertz CT molecular complexity index is 229. The zero-order chi connectivity index (χ0) is 8.10. The molecule has 1 heteroatoms. The predicted octanol–water partition coefficient (Wildman–Crippen LogP) is 2.94. The van der Waals surface area contributed by atoms with Gasteiger partial charge in [-0.15, -0.1) is 5.73 Å². The molecule has 0 nitrogen and oxygen atoms in total. The number of rotatable bonds is 2. The summed E-state index contributed by atoms with van der Waals surface area (Å²) in [6, 6.07) is 0. The average Bonchev–Trinajstić information content (AvgIpc) is 2.01. The fourth-order valence-electron chi connectivity index (χ4n) is 1.03. The lowest BCUT2D eigenvalue weighted by atomic mass is 10.0. The van der Waals surface area contributed by atoms with Crippen LogP contribution in [0.15, 0.2) is 42.2 Å². The molecule has 1 unspecified atom stereocenters. The molecule has 0 amide bonds. The maximum Gasteiger partial charge on any atom is 0.122 e. The topological polar surface area (TPSA) is 0 Å². The van der Waals surface area contributed by atoms with E-state index in [-0.39, 0.29) is 0 Å². The molecule has 0 fully saturated rings.